The third kappa shape index (κ3) is 18.1. The maximum absolute atomic E-state index is 11.9. The molecule has 1 aromatic rings. The van der Waals surface area contributed by atoms with Crippen molar-refractivity contribution in [1.82, 2.24) is 0 Å². The summed E-state index contributed by atoms with van der Waals surface area (Å²) in [6.45, 7) is 2.27. The molecule has 0 atom stereocenters. The van der Waals surface area contributed by atoms with Crippen molar-refractivity contribution in [2.24, 2.45) is 0 Å². The monoisotopic (exact) mass is 428 g/mol. The van der Waals surface area contributed by atoms with Gasteiger partial charge in [-0.2, -0.15) is 8.42 Å². The number of aliphatic hydroxyl groups excluding tert-OH is 2. The van der Waals surface area contributed by atoms with Crippen LogP contribution in [0.2, 0.25) is 0 Å². The Morgan fingerprint density at radius 1 is 0.778 bits per heavy atom. The molecule has 1 aromatic carbocycles. The molecule has 0 fully saturated rings. The van der Waals surface area contributed by atoms with E-state index in [9.17, 15) is 8.42 Å². The fourth-order valence-corrected chi connectivity index (χ4v) is 3.38. The Kier molecular flexibility index (Phi) is 23.0. The fourth-order valence-electron chi connectivity index (χ4n) is 2.41. The van der Waals surface area contributed by atoms with Crippen LogP contribution in [0, 0.1) is 0 Å². The quantitative estimate of drug-likeness (QED) is 0.267. The van der Waals surface area contributed by atoms with Gasteiger partial charge in [-0.25, -0.2) is 0 Å². The zero-order chi connectivity index (χ0) is 19.5. The molecule has 0 saturated heterocycles. The summed E-state index contributed by atoms with van der Waals surface area (Å²) in [4.78, 5) is 0.238. The van der Waals surface area contributed by atoms with E-state index in [1.54, 1.807) is 30.3 Å². The molecule has 0 aliphatic heterocycles. The SMILES string of the molecule is CCCCCCCCCCCCOS(=O)(=O)c1ccccc1.OCCO.[Ca]. The van der Waals surface area contributed by atoms with Crippen LogP contribution in [0.3, 0.4) is 0 Å². The van der Waals surface area contributed by atoms with Crippen LogP contribution in [0.25, 0.3) is 0 Å². The topological polar surface area (TPSA) is 83.8 Å². The van der Waals surface area contributed by atoms with Gasteiger partial charge in [-0.3, -0.25) is 4.18 Å². The van der Waals surface area contributed by atoms with Gasteiger partial charge in [-0.1, -0.05) is 82.9 Å². The van der Waals surface area contributed by atoms with Gasteiger partial charge in [0.2, 0.25) is 0 Å². The Balaban J connectivity index is 0. The molecule has 0 heterocycles. The summed E-state index contributed by atoms with van der Waals surface area (Å²) in [5.74, 6) is 0. The van der Waals surface area contributed by atoms with Crippen LogP contribution in [0.1, 0.15) is 71.1 Å². The second kappa shape index (κ2) is 21.0. The number of rotatable bonds is 14. The molecular formula is C20H36CaO5S. The van der Waals surface area contributed by atoms with Gasteiger partial charge in [0.25, 0.3) is 10.1 Å². The normalized spacial score (nSPS) is 10.6. The van der Waals surface area contributed by atoms with Crippen molar-refractivity contribution in [1.29, 1.82) is 0 Å². The van der Waals surface area contributed by atoms with Crippen molar-refractivity contribution in [3.8, 4) is 0 Å². The summed E-state index contributed by atoms with van der Waals surface area (Å²) in [6, 6.07) is 8.33. The van der Waals surface area contributed by atoms with Crippen LogP contribution in [0.4, 0.5) is 0 Å². The third-order valence-corrected chi connectivity index (χ3v) is 5.19. The number of hydrogen-bond acceptors (Lipinski definition) is 5. The van der Waals surface area contributed by atoms with Crippen molar-refractivity contribution >= 4 is 47.9 Å². The van der Waals surface area contributed by atoms with Gasteiger partial charge < -0.3 is 10.2 Å². The zero-order valence-corrected chi connectivity index (χ0v) is 19.8. The molecule has 0 saturated carbocycles. The second-order valence-corrected chi connectivity index (χ2v) is 7.83. The van der Waals surface area contributed by atoms with Crippen molar-refractivity contribution in [3.63, 3.8) is 0 Å². The molecule has 0 aliphatic rings. The molecule has 2 radical (unpaired) electrons. The minimum absolute atomic E-state index is 0. The van der Waals surface area contributed by atoms with Gasteiger partial charge in [0.1, 0.15) is 0 Å². The van der Waals surface area contributed by atoms with Crippen LogP contribution in [0.15, 0.2) is 35.2 Å². The molecule has 1 rings (SSSR count). The molecule has 0 unspecified atom stereocenters. The molecule has 154 valence electrons. The summed E-state index contributed by atoms with van der Waals surface area (Å²) in [6.07, 6.45) is 12.3. The summed E-state index contributed by atoms with van der Waals surface area (Å²) < 4.78 is 28.8. The van der Waals surface area contributed by atoms with Gasteiger partial charge >= 0.3 is 0 Å². The smallest absolute Gasteiger partial charge is 0.296 e. The van der Waals surface area contributed by atoms with E-state index in [0.717, 1.165) is 12.8 Å². The minimum Gasteiger partial charge on any atom is -0.394 e. The first-order valence-corrected chi connectivity index (χ1v) is 11.2. The van der Waals surface area contributed by atoms with E-state index in [1.807, 2.05) is 0 Å². The summed E-state index contributed by atoms with van der Waals surface area (Å²) in [5.41, 5.74) is 0. The van der Waals surface area contributed by atoms with Crippen LogP contribution < -0.4 is 0 Å². The predicted molar refractivity (Wildman–Crippen MR) is 111 cm³/mol. The Labute approximate surface area is 195 Å². The zero-order valence-electron chi connectivity index (χ0n) is 16.8. The Morgan fingerprint density at radius 3 is 1.67 bits per heavy atom. The van der Waals surface area contributed by atoms with Crippen LogP contribution in [0.5, 0.6) is 0 Å². The van der Waals surface area contributed by atoms with E-state index in [1.165, 1.54) is 51.4 Å². The van der Waals surface area contributed by atoms with E-state index >= 15 is 0 Å². The maximum Gasteiger partial charge on any atom is 0.296 e. The molecular weight excluding hydrogens is 392 g/mol. The molecule has 0 amide bonds. The van der Waals surface area contributed by atoms with E-state index in [-0.39, 0.29) is 62.5 Å². The van der Waals surface area contributed by atoms with E-state index in [0.29, 0.717) is 0 Å². The van der Waals surface area contributed by atoms with Gasteiger partial charge in [0, 0.05) is 37.7 Å². The fraction of sp³-hybridized carbons (Fsp3) is 0.700. The van der Waals surface area contributed by atoms with Crippen molar-refractivity contribution in [3.05, 3.63) is 30.3 Å². The third-order valence-electron chi connectivity index (χ3n) is 3.87. The van der Waals surface area contributed by atoms with Gasteiger partial charge in [0.15, 0.2) is 0 Å². The number of benzene rings is 1. The number of aliphatic hydroxyl groups is 2. The number of hydrogen-bond donors (Lipinski definition) is 2. The minimum atomic E-state index is -3.57. The largest absolute Gasteiger partial charge is 0.394 e. The average Bonchev–Trinajstić information content (AvgIpc) is 2.67. The molecule has 0 bridgehead atoms. The predicted octanol–water partition coefficient (Wildman–Crippen LogP) is 3.90. The van der Waals surface area contributed by atoms with E-state index < -0.39 is 10.1 Å². The first-order chi connectivity index (χ1) is 12.6. The molecule has 5 nitrogen and oxygen atoms in total. The Hall–Kier alpha value is 0.310. The molecule has 0 aromatic heterocycles. The van der Waals surface area contributed by atoms with Gasteiger partial charge in [-0.15, -0.1) is 0 Å². The summed E-state index contributed by atoms with van der Waals surface area (Å²) in [5, 5.41) is 15.2. The molecule has 7 heteroatoms. The van der Waals surface area contributed by atoms with Gasteiger partial charge in [-0.05, 0) is 18.6 Å². The maximum atomic E-state index is 11.9. The van der Waals surface area contributed by atoms with Crippen molar-refractivity contribution < 1.29 is 22.8 Å². The average molecular weight is 429 g/mol. The van der Waals surface area contributed by atoms with Crippen LogP contribution in [-0.2, 0) is 14.3 Å². The first kappa shape index (κ1) is 29.5. The Bertz CT molecular complexity index is 506. The van der Waals surface area contributed by atoms with E-state index in [4.69, 9.17) is 14.4 Å². The second-order valence-electron chi connectivity index (χ2n) is 6.22. The van der Waals surface area contributed by atoms with Crippen LogP contribution >= 0.6 is 0 Å². The summed E-state index contributed by atoms with van der Waals surface area (Å²) >= 11 is 0. The molecule has 0 aliphatic carbocycles. The number of unbranched alkanes of at least 4 members (excludes halogenated alkanes) is 9. The van der Waals surface area contributed by atoms with Crippen molar-refractivity contribution in [2.75, 3.05) is 19.8 Å². The Morgan fingerprint density at radius 2 is 1.22 bits per heavy atom. The summed E-state index contributed by atoms with van der Waals surface area (Å²) in [7, 11) is -3.57. The molecule has 0 spiro atoms. The van der Waals surface area contributed by atoms with Crippen molar-refractivity contribution in [2.45, 2.75) is 76.0 Å². The van der Waals surface area contributed by atoms with Crippen LogP contribution in [-0.4, -0.2) is 76.2 Å². The van der Waals surface area contributed by atoms with E-state index in [2.05, 4.69) is 6.92 Å². The molecule has 2 N–H and O–H groups in total. The molecule has 27 heavy (non-hydrogen) atoms. The first-order valence-electron chi connectivity index (χ1n) is 9.74. The standard InChI is InChI=1S/C18H30O3S.C2H6O2.Ca/c1-2-3-4-5-6-7-8-9-10-14-17-21-22(19,20)18-15-12-11-13-16-18;3-1-2-4;/h11-13,15-16H,2-10,14,17H2,1H3;3-4H,1-2H2;. The van der Waals surface area contributed by atoms with Gasteiger partial charge in [0.05, 0.1) is 24.7 Å².